The van der Waals surface area contributed by atoms with Gasteiger partial charge in [-0.3, -0.25) is 4.79 Å². The second-order valence-electron chi connectivity index (χ2n) is 5.89. The lowest BCUT2D eigenvalue weighted by molar-refractivity contribution is 0.101. The molecule has 0 unspecified atom stereocenters. The predicted molar refractivity (Wildman–Crippen MR) is 97.6 cm³/mol. The highest BCUT2D eigenvalue weighted by Crippen LogP contribution is 2.28. The Kier molecular flexibility index (Phi) is 4.76. The normalized spacial score (nSPS) is 11.1. The average molecular weight is 356 g/mol. The molecule has 0 N–H and O–H groups in total. The van der Waals surface area contributed by atoms with Crippen LogP contribution in [-0.2, 0) is 5.75 Å². The van der Waals surface area contributed by atoms with Crippen molar-refractivity contribution in [3.8, 4) is 5.75 Å². The van der Waals surface area contributed by atoms with Crippen molar-refractivity contribution in [2.24, 2.45) is 0 Å². The van der Waals surface area contributed by atoms with Crippen molar-refractivity contribution in [1.82, 2.24) is 19.6 Å². The Morgan fingerprint density at radius 3 is 2.68 bits per heavy atom. The maximum Gasteiger partial charge on any atom is 0.253 e. The summed E-state index contributed by atoms with van der Waals surface area (Å²) in [4.78, 5) is 20.6. The van der Waals surface area contributed by atoms with Crippen LogP contribution < -0.4 is 4.74 Å². The number of hydrogen-bond donors (Lipinski definition) is 0. The van der Waals surface area contributed by atoms with Crippen LogP contribution in [0.5, 0.6) is 5.75 Å². The highest BCUT2D eigenvalue weighted by molar-refractivity contribution is 7.98. The topological polar surface area (TPSA) is 69.4 Å². The fourth-order valence-corrected chi connectivity index (χ4v) is 3.35. The van der Waals surface area contributed by atoms with Crippen LogP contribution in [0.4, 0.5) is 0 Å². The van der Waals surface area contributed by atoms with Gasteiger partial charge in [-0.15, -0.1) is 5.10 Å². The van der Waals surface area contributed by atoms with E-state index >= 15 is 0 Å². The fraction of sp³-hybridized carbons (Fsp3) is 0.333. The number of thioether (sulfide) groups is 1. The number of fused-ring (bicyclic) bond motifs is 1. The van der Waals surface area contributed by atoms with Crippen molar-refractivity contribution in [2.75, 3.05) is 7.11 Å². The summed E-state index contributed by atoms with van der Waals surface area (Å²) in [6.45, 7) is 7.58. The first kappa shape index (κ1) is 17.4. The molecule has 0 saturated carbocycles. The zero-order valence-electron chi connectivity index (χ0n) is 15.0. The number of methoxy groups -OCH3 is 1. The van der Waals surface area contributed by atoms with Crippen LogP contribution in [-0.4, -0.2) is 32.5 Å². The molecule has 7 heteroatoms. The molecular weight excluding hydrogens is 336 g/mol. The van der Waals surface area contributed by atoms with E-state index in [4.69, 9.17) is 4.74 Å². The Morgan fingerprint density at radius 2 is 2.00 bits per heavy atom. The van der Waals surface area contributed by atoms with Crippen LogP contribution >= 0.6 is 11.8 Å². The van der Waals surface area contributed by atoms with Gasteiger partial charge in [0.05, 0.1) is 7.11 Å². The van der Waals surface area contributed by atoms with Gasteiger partial charge >= 0.3 is 0 Å². The van der Waals surface area contributed by atoms with Gasteiger partial charge in [0, 0.05) is 28.3 Å². The Hall–Kier alpha value is -2.41. The molecule has 2 aromatic heterocycles. The molecule has 0 bridgehead atoms. The van der Waals surface area contributed by atoms with E-state index in [2.05, 4.69) is 15.1 Å². The molecule has 0 radical (unpaired) electrons. The third-order valence-electron chi connectivity index (χ3n) is 4.29. The van der Waals surface area contributed by atoms with Crippen molar-refractivity contribution >= 4 is 23.3 Å². The van der Waals surface area contributed by atoms with Crippen molar-refractivity contribution in [3.05, 3.63) is 46.3 Å². The van der Waals surface area contributed by atoms with E-state index in [9.17, 15) is 4.79 Å². The average Bonchev–Trinajstić information content (AvgIpc) is 3.00. The minimum atomic E-state index is 0.0329. The molecule has 3 aromatic rings. The Bertz CT molecular complexity index is 965. The summed E-state index contributed by atoms with van der Waals surface area (Å²) in [5.41, 5.74) is 4.73. The molecule has 1 aromatic carbocycles. The van der Waals surface area contributed by atoms with E-state index in [-0.39, 0.29) is 5.78 Å². The first-order valence-corrected chi connectivity index (χ1v) is 8.90. The molecule has 0 aliphatic heterocycles. The van der Waals surface area contributed by atoms with E-state index in [0.29, 0.717) is 22.3 Å². The third kappa shape index (κ3) is 3.37. The van der Waals surface area contributed by atoms with Gasteiger partial charge < -0.3 is 4.74 Å². The van der Waals surface area contributed by atoms with Gasteiger partial charge in [-0.2, -0.15) is 4.98 Å². The summed E-state index contributed by atoms with van der Waals surface area (Å²) in [5, 5.41) is 5.19. The zero-order chi connectivity index (χ0) is 18.1. The van der Waals surface area contributed by atoms with Crippen molar-refractivity contribution in [1.29, 1.82) is 0 Å². The lowest BCUT2D eigenvalue weighted by Crippen LogP contribution is -2.02. The van der Waals surface area contributed by atoms with Gasteiger partial charge in [0.25, 0.3) is 5.78 Å². The van der Waals surface area contributed by atoms with Crippen LogP contribution in [0.2, 0.25) is 0 Å². The molecular formula is C18H20N4O2S. The Labute approximate surface area is 150 Å². The number of aromatic nitrogens is 4. The van der Waals surface area contributed by atoms with Gasteiger partial charge in [0.15, 0.2) is 5.78 Å². The number of ketones is 1. The van der Waals surface area contributed by atoms with Gasteiger partial charge in [-0.25, -0.2) is 9.50 Å². The summed E-state index contributed by atoms with van der Waals surface area (Å²) in [6, 6.07) is 5.46. The third-order valence-corrected chi connectivity index (χ3v) is 5.17. The summed E-state index contributed by atoms with van der Waals surface area (Å²) < 4.78 is 7.17. The van der Waals surface area contributed by atoms with Crippen molar-refractivity contribution in [2.45, 2.75) is 38.6 Å². The second-order valence-corrected chi connectivity index (χ2v) is 6.83. The van der Waals surface area contributed by atoms with E-state index < -0.39 is 0 Å². The van der Waals surface area contributed by atoms with E-state index in [0.717, 1.165) is 28.3 Å². The minimum Gasteiger partial charge on any atom is -0.496 e. The quantitative estimate of drug-likeness (QED) is 0.514. The SMILES string of the molecule is COc1ccc(C(C)=O)cc1CSc1nc2nc(C)c(C)c(C)n2n1. The molecule has 6 nitrogen and oxygen atoms in total. The molecule has 0 saturated heterocycles. The van der Waals surface area contributed by atoms with Crippen LogP contribution in [0.25, 0.3) is 5.78 Å². The van der Waals surface area contributed by atoms with Crippen LogP contribution in [0.3, 0.4) is 0 Å². The molecule has 0 amide bonds. The number of hydrogen-bond acceptors (Lipinski definition) is 6. The number of aryl methyl sites for hydroxylation is 2. The van der Waals surface area contributed by atoms with Gasteiger partial charge in [0.2, 0.25) is 5.16 Å². The van der Waals surface area contributed by atoms with Crippen LogP contribution in [0.15, 0.2) is 23.4 Å². The van der Waals surface area contributed by atoms with E-state index in [1.807, 2.05) is 32.9 Å². The van der Waals surface area contributed by atoms with Gasteiger partial charge in [0.1, 0.15) is 5.75 Å². The molecule has 0 atom stereocenters. The number of rotatable bonds is 5. The standard InChI is InChI=1S/C18H20N4O2S/c1-10-11(2)19-17-20-18(21-22(17)12(10)3)25-9-15-8-14(13(4)23)6-7-16(15)24-5/h6-8H,9H2,1-5H3. The van der Waals surface area contributed by atoms with Gasteiger partial charge in [-0.1, -0.05) is 11.8 Å². The molecule has 3 rings (SSSR count). The number of carbonyl (C=O) groups excluding carboxylic acids is 1. The predicted octanol–water partition coefficient (Wildman–Crippen LogP) is 3.55. The summed E-state index contributed by atoms with van der Waals surface area (Å²) in [6.07, 6.45) is 0. The first-order valence-electron chi connectivity index (χ1n) is 7.92. The molecule has 2 heterocycles. The number of carbonyl (C=O) groups is 1. The number of Topliss-reactive ketones (excluding diaryl/α,β-unsaturated/α-hetero) is 1. The van der Waals surface area contributed by atoms with E-state index in [1.165, 1.54) is 11.8 Å². The molecule has 130 valence electrons. The number of ether oxygens (including phenoxy) is 1. The lowest BCUT2D eigenvalue weighted by Gasteiger charge is -2.08. The second kappa shape index (κ2) is 6.84. The summed E-state index contributed by atoms with van der Waals surface area (Å²) >= 11 is 1.50. The minimum absolute atomic E-state index is 0.0329. The maximum atomic E-state index is 11.6. The fourth-order valence-electron chi connectivity index (χ4n) is 2.55. The van der Waals surface area contributed by atoms with E-state index in [1.54, 1.807) is 24.6 Å². The highest BCUT2D eigenvalue weighted by atomic mass is 32.2. The Morgan fingerprint density at radius 1 is 1.24 bits per heavy atom. The Balaban J connectivity index is 1.89. The lowest BCUT2D eigenvalue weighted by atomic mass is 10.1. The molecule has 0 fully saturated rings. The molecule has 0 spiro atoms. The smallest absolute Gasteiger partial charge is 0.253 e. The molecule has 0 aliphatic rings. The van der Waals surface area contributed by atoms with Gasteiger partial charge in [-0.05, 0) is 51.5 Å². The molecule has 0 aliphatic carbocycles. The summed E-state index contributed by atoms with van der Waals surface area (Å²) in [5.74, 6) is 2.00. The number of nitrogens with zero attached hydrogens (tertiary/aromatic N) is 4. The van der Waals surface area contributed by atoms with Crippen LogP contribution in [0.1, 0.15) is 39.8 Å². The first-order chi connectivity index (χ1) is 11.9. The maximum absolute atomic E-state index is 11.6. The highest BCUT2D eigenvalue weighted by Gasteiger charge is 2.13. The van der Waals surface area contributed by atoms with Crippen molar-refractivity contribution < 1.29 is 9.53 Å². The monoisotopic (exact) mass is 356 g/mol. The molecule has 25 heavy (non-hydrogen) atoms. The summed E-state index contributed by atoms with van der Waals surface area (Å²) in [7, 11) is 1.62. The largest absolute Gasteiger partial charge is 0.496 e. The van der Waals surface area contributed by atoms with Crippen LogP contribution in [0, 0.1) is 20.8 Å². The van der Waals surface area contributed by atoms with Crippen molar-refractivity contribution in [3.63, 3.8) is 0 Å². The number of benzene rings is 1. The zero-order valence-corrected chi connectivity index (χ0v) is 15.8.